The topological polar surface area (TPSA) is 86.2 Å². The lowest BCUT2D eigenvalue weighted by Gasteiger charge is -2.27. The molecule has 0 saturated heterocycles. The standard InChI is InChI=1S/C10H18N4O2/c1-2-16-10-12-9(11)14(13-10)7-5-3-4-6-8(7)15/h7-8,15H,2-6H2,1H3,(H2,11,12,13). The summed E-state index contributed by atoms with van der Waals surface area (Å²) in [5.74, 6) is 0.314. The van der Waals surface area contributed by atoms with Crippen LogP contribution in [0.15, 0.2) is 0 Å². The van der Waals surface area contributed by atoms with Crippen molar-refractivity contribution < 1.29 is 9.84 Å². The first-order chi connectivity index (χ1) is 7.72. The first kappa shape index (κ1) is 11.2. The van der Waals surface area contributed by atoms with Crippen LogP contribution in [0, 0.1) is 0 Å². The number of aliphatic hydroxyl groups excluding tert-OH is 1. The van der Waals surface area contributed by atoms with E-state index in [4.69, 9.17) is 10.5 Å². The van der Waals surface area contributed by atoms with Gasteiger partial charge >= 0.3 is 6.01 Å². The van der Waals surface area contributed by atoms with Crippen molar-refractivity contribution in [2.45, 2.75) is 44.8 Å². The van der Waals surface area contributed by atoms with Crippen molar-refractivity contribution in [2.75, 3.05) is 12.3 Å². The highest BCUT2D eigenvalue weighted by Crippen LogP contribution is 2.30. The van der Waals surface area contributed by atoms with Gasteiger partial charge in [-0.15, -0.1) is 5.10 Å². The van der Waals surface area contributed by atoms with Gasteiger partial charge < -0.3 is 15.6 Å². The molecule has 16 heavy (non-hydrogen) atoms. The number of hydrogen-bond acceptors (Lipinski definition) is 5. The molecule has 0 amide bonds. The monoisotopic (exact) mass is 226 g/mol. The molecule has 1 heterocycles. The number of ether oxygens (including phenoxy) is 1. The fourth-order valence-corrected chi connectivity index (χ4v) is 2.13. The maximum absolute atomic E-state index is 9.90. The largest absolute Gasteiger partial charge is 0.463 e. The Bertz CT molecular complexity index is 353. The van der Waals surface area contributed by atoms with E-state index in [1.807, 2.05) is 6.92 Å². The Balaban J connectivity index is 2.18. The van der Waals surface area contributed by atoms with Crippen LogP contribution in [0.3, 0.4) is 0 Å². The van der Waals surface area contributed by atoms with Gasteiger partial charge in [-0.1, -0.05) is 12.8 Å². The number of nitrogens with two attached hydrogens (primary N) is 1. The van der Waals surface area contributed by atoms with Crippen LogP contribution >= 0.6 is 0 Å². The summed E-state index contributed by atoms with van der Waals surface area (Å²) in [6, 6.07) is 0.230. The molecular weight excluding hydrogens is 208 g/mol. The molecule has 0 spiro atoms. The summed E-state index contributed by atoms with van der Waals surface area (Å²) in [7, 11) is 0. The fraction of sp³-hybridized carbons (Fsp3) is 0.800. The van der Waals surface area contributed by atoms with Crippen LogP contribution in [0.2, 0.25) is 0 Å². The fourth-order valence-electron chi connectivity index (χ4n) is 2.13. The highest BCUT2D eigenvalue weighted by Gasteiger charge is 2.27. The number of nitrogen functional groups attached to an aromatic ring is 1. The summed E-state index contributed by atoms with van der Waals surface area (Å²) in [4.78, 5) is 4.01. The number of nitrogens with zero attached hydrogens (tertiary/aromatic N) is 3. The van der Waals surface area contributed by atoms with Gasteiger partial charge in [-0.25, -0.2) is 4.68 Å². The molecule has 1 aliphatic carbocycles. The molecule has 1 aromatic rings. The second kappa shape index (κ2) is 4.69. The third kappa shape index (κ3) is 2.11. The zero-order chi connectivity index (χ0) is 11.5. The molecule has 1 fully saturated rings. The van der Waals surface area contributed by atoms with Crippen LogP contribution in [0.5, 0.6) is 6.01 Å². The number of hydrogen-bond donors (Lipinski definition) is 2. The predicted octanol–water partition coefficient (Wildman–Crippen LogP) is 0.735. The molecule has 0 bridgehead atoms. The Morgan fingerprint density at radius 3 is 2.94 bits per heavy atom. The van der Waals surface area contributed by atoms with Gasteiger partial charge in [-0.3, -0.25) is 0 Å². The van der Waals surface area contributed by atoms with E-state index < -0.39 is 0 Å². The quantitative estimate of drug-likeness (QED) is 0.793. The van der Waals surface area contributed by atoms with Crippen LogP contribution in [0.1, 0.15) is 38.6 Å². The molecular formula is C10H18N4O2. The summed E-state index contributed by atoms with van der Waals surface area (Å²) < 4.78 is 6.78. The summed E-state index contributed by atoms with van der Waals surface area (Å²) >= 11 is 0. The first-order valence-corrected chi connectivity index (χ1v) is 5.75. The van der Waals surface area contributed by atoms with Crippen molar-refractivity contribution >= 4 is 5.95 Å². The van der Waals surface area contributed by atoms with E-state index in [-0.39, 0.29) is 18.2 Å². The molecule has 1 saturated carbocycles. The van der Waals surface area contributed by atoms with Gasteiger partial charge in [0, 0.05) is 0 Å². The SMILES string of the molecule is CCOc1nc(N)n(C2CCCCC2O)n1. The lowest BCUT2D eigenvalue weighted by Crippen LogP contribution is -2.29. The average Bonchev–Trinajstić information content (AvgIpc) is 2.61. The summed E-state index contributed by atoms with van der Waals surface area (Å²) in [5.41, 5.74) is 5.76. The Morgan fingerprint density at radius 1 is 1.50 bits per heavy atom. The van der Waals surface area contributed by atoms with Crippen LogP contribution in [0.25, 0.3) is 0 Å². The van der Waals surface area contributed by atoms with Gasteiger partial charge in [0.1, 0.15) is 0 Å². The summed E-state index contributed by atoms with van der Waals surface area (Å²) in [6.45, 7) is 2.38. The summed E-state index contributed by atoms with van der Waals surface area (Å²) in [6.07, 6.45) is 3.45. The molecule has 6 nitrogen and oxygen atoms in total. The van der Waals surface area contributed by atoms with Gasteiger partial charge in [-0.2, -0.15) is 4.98 Å². The minimum Gasteiger partial charge on any atom is -0.463 e. The van der Waals surface area contributed by atoms with Crippen molar-refractivity contribution in [1.29, 1.82) is 0 Å². The van der Waals surface area contributed by atoms with E-state index in [0.717, 1.165) is 25.7 Å². The van der Waals surface area contributed by atoms with Crippen molar-refractivity contribution in [3.63, 3.8) is 0 Å². The van der Waals surface area contributed by atoms with Gasteiger partial charge in [0.05, 0.1) is 18.8 Å². The first-order valence-electron chi connectivity index (χ1n) is 5.75. The van der Waals surface area contributed by atoms with E-state index in [1.54, 1.807) is 4.68 Å². The average molecular weight is 226 g/mol. The number of aromatic nitrogens is 3. The van der Waals surface area contributed by atoms with Crippen molar-refractivity contribution in [3.8, 4) is 6.01 Å². The van der Waals surface area contributed by atoms with E-state index >= 15 is 0 Å². The van der Waals surface area contributed by atoms with Crippen molar-refractivity contribution in [1.82, 2.24) is 14.8 Å². The minimum absolute atomic E-state index is 0.0598. The maximum atomic E-state index is 9.90. The Kier molecular flexibility index (Phi) is 3.28. The molecule has 0 radical (unpaired) electrons. The second-order valence-corrected chi connectivity index (χ2v) is 4.05. The highest BCUT2D eigenvalue weighted by atomic mass is 16.5. The predicted molar refractivity (Wildman–Crippen MR) is 59.1 cm³/mol. The Hall–Kier alpha value is -1.30. The van der Waals surface area contributed by atoms with E-state index in [2.05, 4.69) is 10.1 Å². The van der Waals surface area contributed by atoms with Crippen LogP contribution < -0.4 is 10.5 Å². The van der Waals surface area contributed by atoms with Gasteiger partial charge in [0.25, 0.3) is 0 Å². The molecule has 1 aromatic heterocycles. The summed E-state index contributed by atoms with van der Waals surface area (Å²) in [5, 5.41) is 14.1. The second-order valence-electron chi connectivity index (χ2n) is 4.05. The number of rotatable bonds is 3. The third-order valence-electron chi connectivity index (χ3n) is 2.92. The molecule has 2 unspecified atom stereocenters. The minimum atomic E-state index is -0.382. The molecule has 2 atom stereocenters. The van der Waals surface area contributed by atoms with Gasteiger partial charge in [0.2, 0.25) is 5.95 Å². The zero-order valence-electron chi connectivity index (χ0n) is 9.46. The lowest BCUT2D eigenvalue weighted by atomic mass is 9.93. The third-order valence-corrected chi connectivity index (χ3v) is 2.92. The van der Waals surface area contributed by atoms with E-state index in [0.29, 0.717) is 12.6 Å². The molecule has 6 heteroatoms. The van der Waals surface area contributed by atoms with Crippen LogP contribution in [-0.2, 0) is 0 Å². The molecule has 1 aliphatic rings. The van der Waals surface area contributed by atoms with Crippen LogP contribution in [0.4, 0.5) is 5.95 Å². The van der Waals surface area contributed by atoms with Crippen molar-refractivity contribution in [2.24, 2.45) is 0 Å². The van der Waals surface area contributed by atoms with E-state index in [9.17, 15) is 5.11 Å². The number of aliphatic hydroxyl groups is 1. The molecule has 0 aliphatic heterocycles. The Labute approximate surface area is 94.4 Å². The highest BCUT2D eigenvalue weighted by molar-refractivity contribution is 5.20. The van der Waals surface area contributed by atoms with Gasteiger partial charge in [0.15, 0.2) is 0 Å². The van der Waals surface area contributed by atoms with E-state index in [1.165, 1.54) is 0 Å². The van der Waals surface area contributed by atoms with Crippen LogP contribution in [-0.4, -0.2) is 32.6 Å². The molecule has 2 rings (SSSR count). The number of anilines is 1. The van der Waals surface area contributed by atoms with Gasteiger partial charge in [-0.05, 0) is 19.8 Å². The molecule has 3 N–H and O–H groups in total. The smallest absolute Gasteiger partial charge is 0.337 e. The zero-order valence-corrected chi connectivity index (χ0v) is 9.46. The molecule has 0 aromatic carbocycles. The van der Waals surface area contributed by atoms with Crippen molar-refractivity contribution in [3.05, 3.63) is 0 Å². The molecule has 90 valence electrons. The Morgan fingerprint density at radius 2 is 2.25 bits per heavy atom. The maximum Gasteiger partial charge on any atom is 0.337 e. The lowest BCUT2D eigenvalue weighted by molar-refractivity contribution is 0.0698. The normalized spacial score (nSPS) is 25.6.